The van der Waals surface area contributed by atoms with Gasteiger partial charge in [-0.05, 0) is 38.5 Å². The van der Waals surface area contributed by atoms with Crippen LogP contribution in [0.15, 0.2) is 6.33 Å². The Balaban J connectivity index is 1.76. The molecule has 3 heterocycles. The summed E-state index contributed by atoms with van der Waals surface area (Å²) in [5.74, 6) is -0.0419. The third-order valence-corrected chi connectivity index (χ3v) is 5.84. The normalized spacial score (nSPS) is 32.0. The summed E-state index contributed by atoms with van der Waals surface area (Å²) in [5, 5.41) is 21.8. The first-order chi connectivity index (χ1) is 12.8. The first-order valence-corrected chi connectivity index (χ1v) is 9.55. The highest BCUT2D eigenvalue weighted by molar-refractivity contribution is 5.82. The monoisotopic (exact) mass is 377 g/mol. The number of nitrogen functional groups attached to an aromatic ring is 1. The highest BCUT2D eigenvalue weighted by atomic mass is 16.6. The Morgan fingerprint density at radius 1 is 1.33 bits per heavy atom. The number of fused-ring (bicyclic) bond motifs is 1. The van der Waals surface area contributed by atoms with E-state index in [1.807, 2.05) is 13.8 Å². The first kappa shape index (κ1) is 18.4. The number of aromatic nitrogens is 4. The maximum atomic E-state index is 11.2. The van der Waals surface area contributed by atoms with Crippen molar-refractivity contribution in [2.24, 2.45) is 5.92 Å². The average molecular weight is 377 g/mol. The van der Waals surface area contributed by atoms with E-state index < -0.39 is 24.0 Å². The van der Waals surface area contributed by atoms with Crippen LogP contribution in [-0.4, -0.2) is 53.6 Å². The van der Waals surface area contributed by atoms with E-state index in [0.29, 0.717) is 11.2 Å². The molecule has 9 nitrogen and oxygen atoms in total. The number of hydrogen-bond acceptors (Lipinski definition) is 8. The van der Waals surface area contributed by atoms with E-state index in [0.717, 1.165) is 25.7 Å². The summed E-state index contributed by atoms with van der Waals surface area (Å²) in [7, 11) is 0. The van der Waals surface area contributed by atoms with Crippen molar-refractivity contribution < 1.29 is 19.7 Å². The molecule has 4 N–H and O–H groups in total. The van der Waals surface area contributed by atoms with Gasteiger partial charge in [0.05, 0.1) is 12.4 Å². The molecular formula is C18H27N5O4. The minimum absolute atomic E-state index is 0.0930. The van der Waals surface area contributed by atoms with Crippen molar-refractivity contribution in [2.75, 3.05) is 5.73 Å². The number of hydrogen-bond donors (Lipinski definition) is 3. The number of ether oxygens (including phenoxy) is 2. The van der Waals surface area contributed by atoms with Crippen molar-refractivity contribution in [3.05, 3.63) is 6.33 Å². The van der Waals surface area contributed by atoms with Crippen LogP contribution in [0.5, 0.6) is 6.01 Å². The van der Waals surface area contributed by atoms with Gasteiger partial charge in [-0.3, -0.25) is 4.57 Å². The molecule has 4 rings (SSSR count). The lowest BCUT2D eigenvalue weighted by Gasteiger charge is -2.35. The Kier molecular flexibility index (Phi) is 4.48. The van der Waals surface area contributed by atoms with Gasteiger partial charge < -0.3 is 25.4 Å². The molecule has 1 aliphatic carbocycles. The van der Waals surface area contributed by atoms with Crippen LogP contribution in [0.4, 0.5) is 5.82 Å². The summed E-state index contributed by atoms with van der Waals surface area (Å²) in [6, 6.07) is 0.202. The fourth-order valence-corrected chi connectivity index (χ4v) is 4.12. The molecule has 4 atom stereocenters. The van der Waals surface area contributed by atoms with Crippen LogP contribution in [0, 0.1) is 5.92 Å². The van der Waals surface area contributed by atoms with Crippen LogP contribution in [0.2, 0.25) is 0 Å². The van der Waals surface area contributed by atoms with Crippen molar-refractivity contribution >= 4 is 17.0 Å². The molecule has 0 radical (unpaired) electrons. The third-order valence-electron chi connectivity index (χ3n) is 5.84. The van der Waals surface area contributed by atoms with Crippen molar-refractivity contribution in [3.63, 3.8) is 0 Å². The molecule has 2 aliphatic rings. The molecule has 2 aromatic heterocycles. The minimum atomic E-state index is -1.49. The van der Waals surface area contributed by atoms with E-state index in [1.165, 1.54) is 6.33 Å². The lowest BCUT2D eigenvalue weighted by atomic mass is 9.83. The van der Waals surface area contributed by atoms with Crippen LogP contribution in [-0.2, 0) is 4.74 Å². The molecule has 2 aromatic rings. The van der Waals surface area contributed by atoms with E-state index in [-0.39, 0.29) is 23.9 Å². The van der Waals surface area contributed by atoms with E-state index in [4.69, 9.17) is 15.2 Å². The van der Waals surface area contributed by atoms with Crippen molar-refractivity contribution in [3.8, 4) is 6.01 Å². The largest absolute Gasteiger partial charge is 0.460 e. The summed E-state index contributed by atoms with van der Waals surface area (Å²) in [4.78, 5) is 13.0. The third kappa shape index (κ3) is 2.84. The van der Waals surface area contributed by atoms with Crippen LogP contribution in [0.25, 0.3) is 11.2 Å². The molecular weight excluding hydrogens is 350 g/mol. The van der Waals surface area contributed by atoms with Crippen molar-refractivity contribution in [1.29, 1.82) is 0 Å². The summed E-state index contributed by atoms with van der Waals surface area (Å²) >= 11 is 0. The van der Waals surface area contributed by atoms with E-state index in [9.17, 15) is 10.2 Å². The van der Waals surface area contributed by atoms with Gasteiger partial charge in [-0.1, -0.05) is 13.8 Å². The molecule has 1 saturated heterocycles. The Bertz CT molecular complexity index is 835. The van der Waals surface area contributed by atoms with Gasteiger partial charge in [0.1, 0.15) is 17.8 Å². The first-order valence-electron chi connectivity index (χ1n) is 9.55. The highest BCUT2D eigenvalue weighted by Crippen LogP contribution is 2.44. The summed E-state index contributed by atoms with van der Waals surface area (Å²) in [6.07, 6.45) is 3.41. The number of rotatable bonds is 4. The second-order valence-corrected chi connectivity index (χ2v) is 7.92. The zero-order valence-corrected chi connectivity index (χ0v) is 15.9. The molecule has 0 amide bonds. The molecule has 0 aromatic carbocycles. The van der Waals surface area contributed by atoms with Crippen LogP contribution < -0.4 is 10.5 Å². The molecule has 148 valence electrons. The maximum absolute atomic E-state index is 11.2. The zero-order valence-electron chi connectivity index (χ0n) is 15.9. The quantitative estimate of drug-likeness (QED) is 0.729. The van der Waals surface area contributed by atoms with Gasteiger partial charge in [-0.2, -0.15) is 9.97 Å². The number of nitrogens with zero attached hydrogens (tertiary/aromatic N) is 4. The highest BCUT2D eigenvalue weighted by Gasteiger charge is 2.56. The predicted molar refractivity (Wildman–Crippen MR) is 98.0 cm³/mol. The molecule has 27 heavy (non-hydrogen) atoms. The molecule has 0 unspecified atom stereocenters. The Hall–Kier alpha value is -1.97. The molecule has 2 fully saturated rings. The second-order valence-electron chi connectivity index (χ2n) is 7.92. The van der Waals surface area contributed by atoms with E-state index in [1.54, 1.807) is 11.5 Å². The van der Waals surface area contributed by atoms with E-state index in [2.05, 4.69) is 15.0 Å². The van der Waals surface area contributed by atoms with Crippen molar-refractivity contribution in [2.45, 2.75) is 76.6 Å². The molecule has 9 heteroatoms. The van der Waals surface area contributed by atoms with Gasteiger partial charge in [-0.25, -0.2) is 4.98 Å². The summed E-state index contributed by atoms with van der Waals surface area (Å²) < 4.78 is 13.4. The summed E-state index contributed by atoms with van der Waals surface area (Å²) in [5.41, 5.74) is 5.41. The fraction of sp³-hybridized carbons (Fsp3) is 0.722. The van der Waals surface area contributed by atoms with Crippen LogP contribution in [0.1, 0.15) is 52.7 Å². The average Bonchev–Trinajstić information content (AvgIpc) is 3.32. The van der Waals surface area contributed by atoms with Crippen molar-refractivity contribution in [1.82, 2.24) is 19.5 Å². The lowest BCUT2D eigenvalue weighted by molar-refractivity contribution is -0.134. The molecule has 0 bridgehead atoms. The van der Waals surface area contributed by atoms with Gasteiger partial charge in [-0.15, -0.1) is 0 Å². The SMILES string of the molecule is CC(C)[C@@]1(O)[C@H](O)[C@@H](C)O[C@H]1n1cnc2c(N)nc(OC3CCCC3)nc21. The molecule has 0 spiro atoms. The molecule has 1 saturated carbocycles. The van der Waals surface area contributed by atoms with Gasteiger partial charge in [0.2, 0.25) is 0 Å². The van der Waals surface area contributed by atoms with Gasteiger partial charge in [0, 0.05) is 0 Å². The smallest absolute Gasteiger partial charge is 0.320 e. The molecule has 1 aliphatic heterocycles. The second kappa shape index (κ2) is 6.57. The standard InChI is InChI=1S/C18H27N5O4/c1-9(2)18(25)13(24)10(3)26-16(18)23-8-20-12-14(19)21-17(22-15(12)23)27-11-6-4-5-7-11/h8-11,13,16,24-25H,4-7H2,1-3H3,(H2,19,21,22)/t10-,13-,16-,18-/m1/s1. The minimum Gasteiger partial charge on any atom is -0.460 e. The zero-order chi connectivity index (χ0) is 19.3. The maximum Gasteiger partial charge on any atom is 0.320 e. The van der Waals surface area contributed by atoms with E-state index >= 15 is 0 Å². The van der Waals surface area contributed by atoms with Gasteiger partial charge in [0.25, 0.3) is 0 Å². The summed E-state index contributed by atoms with van der Waals surface area (Å²) in [6.45, 7) is 5.42. The Morgan fingerprint density at radius 2 is 2.04 bits per heavy atom. The number of aliphatic hydroxyl groups excluding tert-OH is 1. The number of aliphatic hydroxyl groups is 2. The topological polar surface area (TPSA) is 129 Å². The number of anilines is 1. The van der Waals surface area contributed by atoms with Gasteiger partial charge >= 0.3 is 6.01 Å². The van der Waals surface area contributed by atoms with Crippen LogP contribution in [0.3, 0.4) is 0 Å². The fourth-order valence-electron chi connectivity index (χ4n) is 4.12. The predicted octanol–water partition coefficient (Wildman–Crippen LogP) is 1.40. The van der Waals surface area contributed by atoms with Crippen LogP contribution >= 0.6 is 0 Å². The number of imidazole rings is 1. The Labute approximate surface area is 157 Å². The lowest BCUT2D eigenvalue weighted by Crippen LogP contribution is -2.50. The Morgan fingerprint density at radius 3 is 2.70 bits per heavy atom. The number of nitrogens with two attached hydrogens (primary N) is 1. The van der Waals surface area contributed by atoms with Gasteiger partial charge in [0.15, 0.2) is 23.2 Å².